The monoisotopic (exact) mass is 301 g/mol. The van der Waals surface area contributed by atoms with Crippen molar-refractivity contribution in [3.05, 3.63) is 47.8 Å². The first-order valence-corrected chi connectivity index (χ1v) is 7.38. The summed E-state index contributed by atoms with van der Waals surface area (Å²) in [5, 5.41) is 0. The molecular formula is C16H16ClN3O. The number of hydrogen-bond donors (Lipinski definition) is 0. The number of pyridine rings is 1. The molecule has 5 heteroatoms. The number of benzene rings is 1. The van der Waals surface area contributed by atoms with Gasteiger partial charge >= 0.3 is 0 Å². The Morgan fingerprint density at radius 2 is 1.86 bits per heavy atom. The summed E-state index contributed by atoms with van der Waals surface area (Å²) in [7, 11) is 1.60. The standard InChI is InChI=1S/C16H16ClN3O/c1-3-11-4-6-12(7-5-11)20-14(10-17)18-13-8-9-15(21-2)19-16(13)20/h4-9H,3,10H2,1-2H3. The van der Waals surface area contributed by atoms with E-state index in [9.17, 15) is 0 Å². The molecule has 0 saturated heterocycles. The second-order valence-corrected chi connectivity index (χ2v) is 4.98. The van der Waals surface area contributed by atoms with Crippen LogP contribution in [0, 0.1) is 0 Å². The van der Waals surface area contributed by atoms with Gasteiger partial charge in [0.15, 0.2) is 5.65 Å². The van der Waals surface area contributed by atoms with E-state index < -0.39 is 0 Å². The van der Waals surface area contributed by atoms with E-state index in [0.717, 1.165) is 29.1 Å². The van der Waals surface area contributed by atoms with E-state index in [4.69, 9.17) is 16.3 Å². The fourth-order valence-corrected chi connectivity index (χ4v) is 2.52. The lowest BCUT2D eigenvalue weighted by Crippen LogP contribution is -2.01. The Kier molecular flexibility index (Phi) is 3.80. The van der Waals surface area contributed by atoms with E-state index in [1.807, 2.05) is 10.6 Å². The Morgan fingerprint density at radius 3 is 2.48 bits per heavy atom. The third-order valence-electron chi connectivity index (χ3n) is 3.48. The predicted octanol–water partition coefficient (Wildman–Crippen LogP) is 3.73. The minimum atomic E-state index is 0.328. The van der Waals surface area contributed by atoms with E-state index >= 15 is 0 Å². The van der Waals surface area contributed by atoms with Crippen molar-refractivity contribution in [2.75, 3.05) is 7.11 Å². The third-order valence-corrected chi connectivity index (χ3v) is 3.72. The molecule has 4 nitrogen and oxygen atoms in total. The number of rotatable bonds is 4. The van der Waals surface area contributed by atoms with Gasteiger partial charge in [-0.1, -0.05) is 19.1 Å². The van der Waals surface area contributed by atoms with Gasteiger partial charge in [0.2, 0.25) is 5.88 Å². The van der Waals surface area contributed by atoms with E-state index in [1.165, 1.54) is 5.56 Å². The molecule has 3 aromatic rings. The molecule has 2 heterocycles. The van der Waals surface area contributed by atoms with Crippen LogP contribution in [-0.4, -0.2) is 21.6 Å². The van der Waals surface area contributed by atoms with Crippen molar-refractivity contribution in [3.8, 4) is 11.6 Å². The van der Waals surface area contributed by atoms with Crippen molar-refractivity contribution in [3.63, 3.8) is 0 Å². The van der Waals surface area contributed by atoms with E-state index in [2.05, 4.69) is 41.2 Å². The number of nitrogens with zero attached hydrogens (tertiary/aromatic N) is 3. The molecule has 0 fully saturated rings. The average Bonchev–Trinajstić information content (AvgIpc) is 2.92. The van der Waals surface area contributed by atoms with E-state index in [1.54, 1.807) is 13.2 Å². The number of aryl methyl sites for hydroxylation is 1. The van der Waals surface area contributed by atoms with Gasteiger partial charge in [-0.25, -0.2) is 4.98 Å². The predicted molar refractivity (Wildman–Crippen MR) is 84.4 cm³/mol. The molecule has 2 aromatic heterocycles. The molecule has 1 aromatic carbocycles. The SMILES string of the molecule is CCc1ccc(-n2c(CCl)nc3ccc(OC)nc32)cc1. The van der Waals surface area contributed by atoms with Gasteiger partial charge in [-0.2, -0.15) is 4.98 Å². The number of methoxy groups -OCH3 is 1. The van der Waals surface area contributed by atoms with Crippen LogP contribution in [0.25, 0.3) is 16.9 Å². The first-order chi connectivity index (χ1) is 10.3. The maximum absolute atomic E-state index is 6.04. The zero-order valence-corrected chi connectivity index (χ0v) is 12.8. The number of ether oxygens (including phenoxy) is 1. The van der Waals surface area contributed by atoms with Crippen molar-refractivity contribution in [1.29, 1.82) is 0 Å². The van der Waals surface area contributed by atoms with Gasteiger partial charge < -0.3 is 4.74 Å². The van der Waals surface area contributed by atoms with Crippen LogP contribution in [0.5, 0.6) is 5.88 Å². The first-order valence-electron chi connectivity index (χ1n) is 6.84. The molecule has 0 aliphatic heterocycles. The average molecular weight is 302 g/mol. The summed E-state index contributed by atoms with van der Waals surface area (Å²) in [4.78, 5) is 9.04. The van der Waals surface area contributed by atoms with E-state index in [0.29, 0.717) is 11.8 Å². The van der Waals surface area contributed by atoms with Gasteiger partial charge in [0.1, 0.15) is 11.3 Å². The molecule has 0 aliphatic carbocycles. The Hall–Kier alpha value is -2.07. The molecule has 0 N–H and O–H groups in total. The third kappa shape index (κ3) is 2.47. The maximum atomic E-state index is 6.04. The first kappa shape index (κ1) is 13.9. The number of alkyl halides is 1. The molecular weight excluding hydrogens is 286 g/mol. The molecule has 0 radical (unpaired) electrons. The number of halogens is 1. The second-order valence-electron chi connectivity index (χ2n) is 4.71. The molecule has 3 rings (SSSR count). The van der Waals surface area contributed by atoms with Gasteiger partial charge in [0.05, 0.1) is 13.0 Å². The van der Waals surface area contributed by atoms with Crippen LogP contribution in [-0.2, 0) is 12.3 Å². The highest BCUT2D eigenvalue weighted by molar-refractivity contribution is 6.16. The molecule has 0 amide bonds. The Labute approximate surface area is 128 Å². The maximum Gasteiger partial charge on any atom is 0.215 e. The van der Waals surface area contributed by atoms with Crippen LogP contribution in [0.1, 0.15) is 18.3 Å². The summed E-state index contributed by atoms with van der Waals surface area (Å²) in [6.45, 7) is 2.14. The highest BCUT2D eigenvalue weighted by Crippen LogP contribution is 2.23. The summed E-state index contributed by atoms with van der Waals surface area (Å²) in [5.74, 6) is 1.67. The molecule has 0 unspecified atom stereocenters. The molecule has 0 bridgehead atoms. The van der Waals surface area contributed by atoms with Crippen LogP contribution in [0.4, 0.5) is 0 Å². The van der Waals surface area contributed by atoms with Crippen molar-refractivity contribution in [2.24, 2.45) is 0 Å². The zero-order valence-electron chi connectivity index (χ0n) is 12.0. The quantitative estimate of drug-likeness (QED) is 0.689. The summed E-state index contributed by atoms with van der Waals surface area (Å²) >= 11 is 6.04. The van der Waals surface area contributed by atoms with E-state index in [-0.39, 0.29) is 0 Å². The van der Waals surface area contributed by atoms with Crippen LogP contribution in [0.3, 0.4) is 0 Å². The summed E-state index contributed by atoms with van der Waals surface area (Å²) in [6.07, 6.45) is 1.01. The lowest BCUT2D eigenvalue weighted by atomic mass is 10.1. The fourth-order valence-electron chi connectivity index (χ4n) is 2.34. The zero-order chi connectivity index (χ0) is 14.8. The van der Waals surface area contributed by atoms with Crippen LogP contribution in [0.2, 0.25) is 0 Å². The number of aromatic nitrogens is 3. The summed E-state index contributed by atoms with van der Waals surface area (Å²) in [5.41, 5.74) is 3.87. The van der Waals surface area contributed by atoms with Crippen molar-refractivity contribution >= 4 is 22.8 Å². The molecule has 21 heavy (non-hydrogen) atoms. The summed E-state index contributed by atoms with van der Waals surface area (Å²) < 4.78 is 7.18. The highest BCUT2D eigenvalue weighted by atomic mass is 35.5. The molecule has 0 saturated carbocycles. The Balaban J connectivity index is 2.22. The largest absolute Gasteiger partial charge is 0.481 e. The van der Waals surface area contributed by atoms with Crippen molar-refractivity contribution in [1.82, 2.24) is 14.5 Å². The highest BCUT2D eigenvalue weighted by Gasteiger charge is 2.13. The van der Waals surface area contributed by atoms with Crippen molar-refractivity contribution < 1.29 is 4.74 Å². The minimum absolute atomic E-state index is 0.328. The number of fused-ring (bicyclic) bond motifs is 1. The van der Waals surface area contributed by atoms with Crippen LogP contribution < -0.4 is 4.74 Å². The van der Waals surface area contributed by atoms with Gasteiger partial charge in [0, 0.05) is 11.8 Å². The molecule has 0 spiro atoms. The van der Waals surface area contributed by atoms with Crippen LogP contribution in [0.15, 0.2) is 36.4 Å². The molecule has 0 atom stereocenters. The Bertz CT molecular complexity index is 765. The van der Waals surface area contributed by atoms with Gasteiger partial charge in [-0.15, -0.1) is 11.6 Å². The number of imidazole rings is 1. The van der Waals surface area contributed by atoms with Gasteiger partial charge in [0.25, 0.3) is 0 Å². The van der Waals surface area contributed by atoms with Gasteiger partial charge in [-0.05, 0) is 30.2 Å². The lowest BCUT2D eigenvalue weighted by Gasteiger charge is -2.08. The Morgan fingerprint density at radius 1 is 1.10 bits per heavy atom. The topological polar surface area (TPSA) is 39.9 Å². The van der Waals surface area contributed by atoms with Gasteiger partial charge in [-0.3, -0.25) is 4.57 Å². The number of hydrogen-bond acceptors (Lipinski definition) is 3. The second kappa shape index (κ2) is 5.74. The molecule has 0 aliphatic rings. The fraction of sp³-hybridized carbons (Fsp3) is 0.250. The molecule has 108 valence electrons. The summed E-state index contributed by atoms with van der Waals surface area (Å²) in [6, 6.07) is 12.1. The lowest BCUT2D eigenvalue weighted by molar-refractivity contribution is 0.399. The smallest absolute Gasteiger partial charge is 0.215 e. The van der Waals surface area contributed by atoms with Crippen molar-refractivity contribution in [2.45, 2.75) is 19.2 Å². The normalized spacial score (nSPS) is 11.0. The minimum Gasteiger partial charge on any atom is -0.481 e. The van der Waals surface area contributed by atoms with Crippen LogP contribution >= 0.6 is 11.6 Å².